The SMILES string of the molecule is CC(C(=O)Cc1ccc(Br)cc1F)c1ccccc1. The van der Waals surface area contributed by atoms with E-state index < -0.39 is 0 Å². The first kappa shape index (κ1) is 13.9. The van der Waals surface area contributed by atoms with Crippen LogP contribution in [0.3, 0.4) is 0 Å². The molecule has 0 aliphatic rings. The number of carbonyl (C=O) groups is 1. The molecule has 0 N–H and O–H groups in total. The lowest BCUT2D eigenvalue weighted by molar-refractivity contribution is -0.119. The van der Waals surface area contributed by atoms with Crippen LogP contribution in [0.1, 0.15) is 24.0 Å². The summed E-state index contributed by atoms with van der Waals surface area (Å²) in [6.07, 6.45) is 0.120. The quantitative estimate of drug-likeness (QED) is 0.810. The van der Waals surface area contributed by atoms with E-state index in [9.17, 15) is 9.18 Å². The van der Waals surface area contributed by atoms with Gasteiger partial charge in [0.15, 0.2) is 0 Å². The van der Waals surface area contributed by atoms with Crippen LogP contribution in [-0.2, 0) is 11.2 Å². The molecule has 0 saturated carbocycles. The molecule has 2 aromatic rings. The van der Waals surface area contributed by atoms with Gasteiger partial charge in [-0.15, -0.1) is 0 Å². The first-order valence-corrected chi connectivity index (χ1v) is 6.89. The number of benzene rings is 2. The van der Waals surface area contributed by atoms with E-state index in [4.69, 9.17) is 0 Å². The topological polar surface area (TPSA) is 17.1 Å². The van der Waals surface area contributed by atoms with Crippen LogP contribution < -0.4 is 0 Å². The number of halogens is 2. The van der Waals surface area contributed by atoms with Crippen LogP contribution in [0, 0.1) is 5.82 Å². The van der Waals surface area contributed by atoms with Crippen LogP contribution in [-0.4, -0.2) is 5.78 Å². The molecule has 3 heteroatoms. The Bertz CT molecular complexity index is 581. The second kappa shape index (κ2) is 6.11. The zero-order valence-corrected chi connectivity index (χ0v) is 12.2. The highest BCUT2D eigenvalue weighted by Gasteiger charge is 2.17. The standard InChI is InChI=1S/C16H14BrFO/c1-11(12-5-3-2-4-6-12)16(19)9-13-7-8-14(17)10-15(13)18/h2-8,10-11H,9H2,1H3. The molecule has 0 aliphatic carbocycles. The fraction of sp³-hybridized carbons (Fsp3) is 0.188. The molecule has 0 heterocycles. The fourth-order valence-electron chi connectivity index (χ4n) is 1.93. The lowest BCUT2D eigenvalue weighted by Gasteiger charge is -2.11. The number of Topliss-reactive ketones (excluding diaryl/α,β-unsaturated/α-hetero) is 1. The Balaban J connectivity index is 2.13. The van der Waals surface area contributed by atoms with E-state index in [0.717, 1.165) is 5.56 Å². The van der Waals surface area contributed by atoms with Gasteiger partial charge in [0.05, 0.1) is 0 Å². The summed E-state index contributed by atoms with van der Waals surface area (Å²) in [4.78, 5) is 12.2. The maximum absolute atomic E-state index is 13.7. The third-order valence-electron chi connectivity index (χ3n) is 3.16. The first-order valence-electron chi connectivity index (χ1n) is 6.09. The normalized spacial score (nSPS) is 12.2. The molecule has 0 bridgehead atoms. The second-order valence-electron chi connectivity index (χ2n) is 4.51. The number of hydrogen-bond donors (Lipinski definition) is 0. The van der Waals surface area contributed by atoms with Gasteiger partial charge in [-0.1, -0.05) is 59.3 Å². The molecule has 2 rings (SSSR count). The van der Waals surface area contributed by atoms with E-state index in [1.165, 1.54) is 6.07 Å². The number of hydrogen-bond acceptors (Lipinski definition) is 1. The lowest BCUT2D eigenvalue weighted by atomic mass is 9.93. The Hall–Kier alpha value is -1.48. The summed E-state index contributed by atoms with van der Waals surface area (Å²) >= 11 is 3.20. The minimum absolute atomic E-state index is 0.0208. The molecule has 0 amide bonds. The van der Waals surface area contributed by atoms with E-state index in [0.29, 0.717) is 10.0 Å². The highest BCUT2D eigenvalue weighted by atomic mass is 79.9. The lowest BCUT2D eigenvalue weighted by Crippen LogP contribution is -2.12. The maximum atomic E-state index is 13.7. The van der Waals surface area contributed by atoms with Crippen molar-refractivity contribution in [2.45, 2.75) is 19.3 Å². The van der Waals surface area contributed by atoms with Crippen molar-refractivity contribution < 1.29 is 9.18 Å². The average molecular weight is 321 g/mol. The Morgan fingerprint density at radius 2 is 1.89 bits per heavy atom. The predicted molar refractivity (Wildman–Crippen MR) is 77.7 cm³/mol. The van der Waals surface area contributed by atoms with Crippen LogP contribution in [0.15, 0.2) is 53.0 Å². The van der Waals surface area contributed by atoms with Crippen LogP contribution in [0.25, 0.3) is 0 Å². The van der Waals surface area contributed by atoms with Crippen molar-refractivity contribution >= 4 is 21.7 Å². The van der Waals surface area contributed by atoms with Gasteiger partial charge in [0.1, 0.15) is 11.6 Å². The van der Waals surface area contributed by atoms with Gasteiger partial charge < -0.3 is 0 Å². The van der Waals surface area contributed by atoms with Crippen LogP contribution >= 0.6 is 15.9 Å². The molecule has 0 saturated heterocycles. The molecule has 0 aromatic heterocycles. The third kappa shape index (κ3) is 3.51. The van der Waals surface area contributed by atoms with Crippen LogP contribution in [0.2, 0.25) is 0 Å². The maximum Gasteiger partial charge on any atom is 0.144 e. The zero-order chi connectivity index (χ0) is 13.8. The van der Waals surface area contributed by atoms with E-state index >= 15 is 0 Å². The van der Waals surface area contributed by atoms with Crippen molar-refractivity contribution in [3.05, 3.63) is 69.9 Å². The molecular formula is C16H14BrFO. The molecule has 0 fully saturated rings. The van der Waals surface area contributed by atoms with E-state index in [2.05, 4.69) is 15.9 Å². The number of rotatable bonds is 4. The number of ketones is 1. The molecule has 1 nitrogen and oxygen atoms in total. The Labute approximate surface area is 120 Å². The highest BCUT2D eigenvalue weighted by molar-refractivity contribution is 9.10. The summed E-state index contributed by atoms with van der Waals surface area (Å²) in [7, 11) is 0. The Morgan fingerprint density at radius 1 is 1.21 bits per heavy atom. The minimum Gasteiger partial charge on any atom is -0.299 e. The number of carbonyl (C=O) groups excluding carboxylic acids is 1. The molecule has 19 heavy (non-hydrogen) atoms. The van der Waals surface area contributed by atoms with Gasteiger partial charge in [-0.05, 0) is 23.3 Å². The van der Waals surface area contributed by atoms with Crippen molar-refractivity contribution in [2.75, 3.05) is 0 Å². The predicted octanol–water partition coefficient (Wildman–Crippen LogP) is 4.50. The summed E-state index contributed by atoms with van der Waals surface area (Å²) in [6.45, 7) is 1.86. The van der Waals surface area contributed by atoms with Gasteiger partial charge in [0.25, 0.3) is 0 Å². The molecular weight excluding hydrogens is 307 g/mol. The van der Waals surface area contributed by atoms with Gasteiger partial charge in [-0.3, -0.25) is 4.79 Å². The van der Waals surface area contributed by atoms with Crippen molar-refractivity contribution in [2.24, 2.45) is 0 Å². The highest BCUT2D eigenvalue weighted by Crippen LogP contribution is 2.21. The van der Waals surface area contributed by atoms with Crippen molar-refractivity contribution in [1.82, 2.24) is 0 Å². The summed E-state index contributed by atoms with van der Waals surface area (Å²) < 4.78 is 14.4. The third-order valence-corrected chi connectivity index (χ3v) is 3.66. The van der Waals surface area contributed by atoms with Gasteiger partial charge in [0, 0.05) is 16.8 Å². The Kier molecular flexibility index (Phi) is 4.48. The van der Waals surface area contributed by atoms with Gasteiger partial charge in [-0.25, -0.2) is 4.39 Å². The summed E-state index contributed by atoms with van der Waals surface area (Å²) in [5.41, 5.74) is 1.40. The summed E-state index contributed by atoms with van der Waals surface area (Å²) in [6, 6.07) is 14.3. The largest absolute Gasteiger partial charge is 0.299 e. The fourth-order valence-corrected chi connectivity index (χ4v) is 2.27. The first-order chi connectivity index (χ1) is 9.08. The molecule has 98 valence electrons. The molecule has 0 spiro atoms. The van der Waals surface area contributed by atoms with Crippen molar-refractivity contribution in [1.29, 1.82) is 0 Å². The smallest absolute Gasteiger partial charge is 0.144 e. The van der Waals surface area contributed by atoms with Gasteiger partial charge >= 0.3 is 0 Å². The molecule has 2 aromatic carbocycles. The summed E-state index contributed by atoms with van der Waals surface area (Å²) in [5, 5.41) is 0. The molecule has 0 radical (unpaired) electrons. The zero-order valence-electron chi connectivity index (χ0n) is 10.6. The van der Waals surface area contributed by atoms with Gasteiger partial charge in [0.2, 0.25) is 0 Å². The summed E-state index contributed by atoms with van der Waals surface area (Å²) in [5.74, 6) is -0.542. The van der Waals surface area contributed by atoms with Gasteiger partial charge in [-0.2, -0.15) is 0 Å². The van der Waals surface area contributed by atoms with E-state index in [-0.39, 0.29) is 23.9 Å². The monoisotopic (exact) mass is 320 g/mol. The van der Waals surface area contributed by atoms with Crippen LogP contribution in [0.5, 0.6) is 0 Å². The Morgan fingerprint density at radius 3 is 2.53 bits per heavy atom. The van der Waals surface area contributed by atoms with E-state index in [1.807, 2.05) is 37.3 Å². The second-order valence-corrected chi connectivity index (χ2v) is 5.43. The average Bonchev–Trinajstić information content (AvgIpc) is 2.42. The molecule has 1 atom stereocenters. The minimum atomic E-state index is -0.344. The molecule has 0 aliphatic heterocycles. The van der Waals surface area contributed by atoms with Crippen molar-refractivity contribution in [3.8, 4) is 0 Å². The van der Waals surface area contributed by atoms with E-state index in [1.54, 1.807) is 12.1 Å². The van der Waals surface area contributed by atoms with Crippen molar-refractivity contribution in [3.63, 3.8) is 0 Å². The van der Waals surface area contributed by atoms with Crippen LogP contribution in [0.4, 0.5) is 4.39 Å². The molecule has 1 unspecified atom stereocenters.